The highest BCUT2D eigenvalue weighted by Gasteiger charge is 2.33. The Kier molecular flexibility index (Phi) is 2.51. The van der Waals surface area contributed by atoms with E-state index in [-0.39, 0.29) is 5.54 Å². The third kappa shape index (κ3) is 1.76. The number of rotatable bonds is 2. The number of aromatic nitrogens is 4. The van der Waals surface area contributed by atoms with E-state index in [1.807, 2.05) is 43.5 Å². The van der Waals surface area contributed by atoms with Crippen LogP contribution in [-0.4, -0.2) is 37.7 Å². The van der Waals surface area contributed by atoms with Crippen molar-refractivity contribution in [2.24, 2.45) is 12.0 Å². The molecule has 1 aliphatic heterocycles. The van der Waals surface area contributed by atoms with Crippen molar-refractivity contribution in [3.8, 4) is 0 Å². The summed E-state index contributed by atoms with van der Waals surface area (Å²) in [5.41, 5.74) is 0.483. The Morgan fingerprint density at radius 1 is 1.21 bits per heavy atom. The van der Waals surface area contributed by atoms with Crippen LogP contribution in [0.1, 0.15) is 18.6 Å². The number of hydrogen-bond donors (Lipinski definition) is 1. The average molecular weight is 256 g/mol. The molecule has 0 amide bonds. The van der Waals surface area contributed by atoms with E-state index in [0.29, 0.717) is 0 Å². The van der Waals surface area contributed by atoms with E-state index in [2.05, 4.69) is 31.8 Å². The molecule has 2 aromatic rings. The van der Waals surface area contributed by atoms with Gasteiger partial charge in [-0.15, -0.1) is 0 Å². The fourth-order valence-corrected chi connectivity index (χ4v) is 2.14. The fourth-order valence-electron chi connectivity index (χ4n) is 2.14. The SMILES string of the molecule is CN1C=C(c2nccn2C)N=CC1(C)c1ncc[nH]1. The molecule has 0 fully saturated rings. The maximum atomic E-state index is 4.54. The molecule has 6 nitrogen and oxygen atoms in total. The first kappa shape index (κ1) is 11.7. The molecule has 1 atom stereocenters. The van der Waals surface area contributed by atoms with Gasteiger partial charge in [0, 0.05) is 51.3 Å². The third-order valence-corrected chi connectivity index (χ3v) is 3.53. The summed E-state index contributed by atoms with van der Waals surface area (Å²) in [5.74, 6) is 1.72. The monoisotopic (exact) mass is 256 g/mol. The highest BCUT2D eigenvalue weighted by Crippen LogP contribution is 2.29. The summed E-state index contributed by atoms with van der Waals surface area (Å²) >= 11 is 0. The van der Waals surface area contributed by atoms with Crippen LogP contribution >= 0.6 is 0 Å². The van der Waals surface area contributed by atoms with Crippen molar-refractivity contribution < 1.29 is 0 Å². The minimum atomic E-state index is -0.363. The Bertz CT molecular complexity index is 636. The minimum Gasteiger partial charge on any atom is -0.362 e. The van der Waals surface area contributed by atoms with Crippen molar-refractivity contribution >= 4 is 11.9 Å². The normalized spacial score (nSPS) is 22.7. The Morgan fingerprint density at radius 2 is 2.05 bits per heavy atom. The molecule has 0 aliphatic carbocycles. The maximum Gasteiger partial charge on any atom is 0.159 e. The smallest absolute Gasteiger partial charge is 0.159 e. The molecule has 0 bridgehead atoms. The quantitative estimate of drug-likeness (QED) is 0.882. The zero-order valence-corrected chi connectivity index (χ0v) is 11.2. The fraction of sp³-hybridized carbons (Fsp3) is 0.308. The lowest BCUT2D eigenvalue weighted by molar-refractivity contribution is 0.280. The summed E-state index contributed by atoms with van der Waals surface area (Å²) in [5, 5.41) is 0. The van der Waals surface area contributed by atoms with Gasteiger partial charge in [-0.05, 0) is 6.92 Å². The lowest BCUT2D eigenvalue weighted by Gasteiger charge is -2.35. The molecule has 0 saturated heterocycles. The standard InChI is InChI=1S/C13H16N6/c1-13(12-15-4-5-16-12)9-17-10(8-19(13)3)11-14-6-7-18(11)2/h4-9H,1-3H3,(H,15,16). The van der Waals surface area contributed by atoms with Crippen LogP contribution in [0.15, 0.2) is 36.0 Å². The van der Waals surface area contributed by atoms with Gasteiger partial charge in [0.15, 0.2) is 5.82 Å². The summed E-state index contributed by atoms with van der Waals surface area (Å²) in [6, 6.07) is 0. The highest BCUT2D eigenvalue weighted by molar-refractivity contribution is 5.81. The van der Waals surface area contributed by atoms with Crippen molar-refractivity contribution in [2.45, 2.75) is 12.5 Å². The van der Waals surface area contributed by atoms with Crippen molar-refractivity contribution in [1.29, 1.82) is 0 Å². The summed E-state index contributed by atoms with van der Waals surface area (Å²) in [6.07, 6.45) is 11.1. The van der Waals surface area contributed by atoms with Crippen molar-refractivity contribution in [1.82, 2.24) is 24.4 Å². The molecule has 1 aliphatic rings. The van der Waals surface area contributed by atoms with Gasteiger partial charge in [0.1, 0.15) is 17.1 Å². The zero-order chi connectivity index (χ0) is 13.5. The van der Waals surface area contributed by atoms with Crippen LogP contribution in [0.5, 0.6) is 0 Å². The lowest BCUT2D eigenvalue weighted by atomic mass is 10.00. The van der Waals surface area contributed by atoms with Gasteiger partial charge < -0.3 is 14.5 Å². The van der Waals surface area contributed by atoms with E-state index < -0.39 is 0 Å². The number of hydrogen-bond acceptors (Lipinski definition) is 4. The Balaban J connectivity index is 1.97. The van der Waals surface area contributed by atoms with Crippen LogP contribution in [0.3, 0.4) is 0 Å². The molecule has 0 aromatic carbocycles. The second-order valence-corrected chi connectivity index (χ2v) is 4.83. The topological polar surface area (TPSA) is 62.1 Å². The maximum absolute atomic E-state index is 4.54. The molecule has 19 heavy (non-hydrogen) atoms. The first-order valence-electron chi connectivity index (χ1n) is 6.09. The van der Waals surface area contributed by atoms with Gasteiger partial charge in [0.05, 0.1) is 0 Å². The predicted octanol–water partition coefficient (Wildman–Crippen LogP) is 1.37. The second kappa shape index (κ2) is 4.08. The van der Waals surface area contributed by atoms with Gasteiger partial charge in [-0.25, -0.2) is 9.97 Å². The van der Waals surface area contributed by atoms with Gasteiger partial charge >= 0.3 is 0 Å². The Hall–Kier alpha value is -2.37. The number of nitrogens with zero attached hydrogens (tertiary/aromatic N) is 5. The minimum absolute atomic E-state index is 0.363. The second-order valence-electron chi connectivity index (χ2n) is 4.83. The molecule has 2 aromatic heterocycles. The van der Waals surface area contributed by atoms with E-state index in [1.165, 1.54) is 0 Å². The molecule has 0 radical (unpaired) electrons. The molecule has 1 N–H and O–H groups in total. The van der Waals surface area contributed by atoms with E-state index in [0.717, 1.165) is 17.3 Å². The molecule has 0 spiro atoms. The number of aryl methyl sites for hydroxylation is 1. The van der Waals surface area contributed by atoms with E-state index >= 15 is 0 Å². The number of aromatic amines is 1. The van der Waals surface area contributed by atoms with E-state index in [1.54, 1.807) is 12.4 Å². The van der Waals surface area contributed by atoms with Crippen LogP contribution in [0.2, 0.25) is 0 Å². The Labute approximate surface area is 111 Å². The van der Waals surface area contributed by atoms with Crippen molar-refractivity contribution in [2.75, 3.05) is 7.05 Å². The van der Waals surface area contributed by atoms with Crippen molar-refractivity contribution in [3.05, 3.63) is 42.6 Å². The van der Waals surface area contributed by atoms with Gasteiger partial charge in [0.25, 0.3) is 0 Å². The largest absolute Gasteiger partial charge is 0.362 e. The molecule has 6 heteroatoms. The van der Waals surface area contributed by atoms with Gasteiger partial charge in [-0.3, -0.25) is 4.99 Å². The molecule has 98 valence electrons. The van der Waals surface area contributed by atoms with E-state index in [4.69, 9.17) is 0 Å². The number of imidazole rings is 2. The summed E-state index contributed by atoms with van der Waals surface area (Å²) in [4.78, 5) is 18.4. The van der Waals surface area contributed by atoms with Crippen LogP contribution in [0, 0.1) is 0 Å². The Morgan fingerprint density at radius 3 is 2.63 bits per heavy atom. The summed E-state index contributed by atoms with van der Waals surface area (Å²) < 4.78 is 1.95. The molecular weight excluding hydrogens is 240 g/mol. The highest BCUT2D eigenvalue weighted by atomic mass is 15.2. The first-order chi connectivity index (χ1) is 9.11. The van der Waals surface area contributed by atoms with Gasteiger partial charge in [-0.2, -0.15) is 0 Å². The number of aliphatic imine (C=N–C) groups is 1. The van der Waals surface area contributed by atoms with Crippen LogP contribution < -0.4 is 0 Å². The van der Waals surface area contributed by atoms with Gasteiger partial charge in [0.2, 0.25) is 0 Å². The van der Waals surface area contributed by atoms with Crippen LogP contribution in [0.25, 0.3) is 5.70 Å². The molecular formula is C13H16N6. The number of H-pyrrole nitrogens is 1. The predicted molar refractivity (Wildman–Crippen MR) is 73.4 cm³/mol. The van der Waals surface area contributed by atoms with E-state index in [9.17, 15) is 0 Å². The van der Waals surface area contributed by atoms with Gasteiger partial charge in [-0.1, -0.05) is 0 Å². The van der Waals surface area contributed by atoms with Crippen LogP contribution in [-0.2, 0) is 12.6 Å². The lowest BCUT2D eigenvalue weighted by Crippen LogP contribution is -2.42. The third-order valence-electron chi connectivity index (χ3n) is 3.53. The number of nitrogens with one attached hydrogen (secondary N) is 1. The molecule has 1 unspecified atom stereocenters. The zero-order valence-electron chi connectivity index (χ0n) is 11.2. The average Bonchev–Trinajstić information content (AvgIpc) is 3.04. The summed E-state index contributed by atoms with van der Waals surface area (Å²) in [6.45, 7) is 2.07. The van der Waals surface area contributed by atoms with Crippen LogP contribution in [0.4, 0.5) is 0 Å². The summed E-state index contributed by atoms with van der Waals surface area (Å²) in [7, 11) is 3.97. The molecule has 0 saturated carbocycles. The van der Waals surface area contributed by atoms with Crippen molar-refractivity contribution in [3.63, 3.8) is 0 Å². The first-order valence-corrected chi connectivity index (χ1v) is 6.09. The molecule has 3 rings (SSSR count). The molecule has 3 heterocycles.